The molecule has 2 unspecified atom stereocenters. The van der Waals surface area contributed by atoms with Gasteiger partial charge in [-0.3, -0.25) is 4.79 Å². The van der Waals surface area contributed by atoms with Crippen LogP contribution in [0.3, 0.4) is 0 Å². The molecule has 0 spiro atoms. The Kier molecular flexibility index (Phi) is 9.18. The largest absolute Gasteiger partial charge is 0.497 e. The summed E-state index contributed by atoms with van der Waals surface area (Å²) in [6, 6.07) is 8.40. The number of hydrogen-bond donors (Lipinski definition) is 2. The van der Waals surface area contributed by atoms with E-state index in [-0.39, 0.29) is 72.9 Å². The molecule has 2 aromatic carbocycles. The third-order valence-electron chi connectivity index (χ3n) is 8.71. The number of carbonyl (C=O) groups is 2. The fourth-order valence-corrected chi connectivity index (χ4v) is 6.65. The van der Waals surface area contributed by atoms with E-state index in [0.717, 1.165) is 5.56 Å². The number of benzene rings is 2. The number of carboxylic acid groups (broad SMARTS) is 1. The second-order valence-corrected chi connectivity index (χ2v) is 17.7. The molecule has 1 saturated heterocycles. The van der Waals surface area contributed by atoms with E-state index in [9.17, 15) is 19.8 Å². The van der Waals surface area contributed by atoms with Gasteiger partial charge in [-0.05, 0) is 48.7 Å². The number of amides is 2. The minimum absolute atomic E-state index is 0.0150. The number of likely N-dealkylation sites (tertiary alicyclic amines) is 1. The number of nitrogens with zero attached hydrogens (tertiary/aromatic N) is 2. The summed E-state index contributed by atoms with van der Waals surface area (Å²) in [6.45, 7) is 10.3. The highest BCUT2D eigenvalue weighted by Gasteiger charge is 2.49. The van der Waals surface area contributed by atoms with E-state index < -0.39 is 31.9 Å². The zero-order valence-corrected chi connectivity index (χ0v) is 26.8. The molecule has 2 aliphatic heterocycles. The van der Waals surface area contributed by atoms with Crippen molar-refractivity contribution in [1.82, 2.24) is 4.90 Å². The first-order chi connectivity index (χ1) is 19.6. The maximum atomic E-state index is 15.2. The molecule has 0 radical (unpaired) electrons. The lowest BCUT2D eigenvalue weighted by atomic mass is 9.89. The molecule has 2 aliphatic rings. The van der Waals surface area contributed by atoms with E-state index in [1.165, 1.54) is 15.9 Å². The predicted molar refractivity (Wildman–Crippen MR) is 161 cm³/mol. The van der Waals surface area contributed by atoms with Gasteiger partial charge >= 0.3 is 6.09 Å². The Labute approximate surface area is 252 Å². The van der Waals surface area contributed by atoms with Gasteiger partial charge in [0.2, 0.25) is 5.91 Å². The van der Waals surface area contributed by atoms with Crippen molar-refractivity contribution >= 4 is 37.6 Å². The van der Waals surface area contributed by atoms with Crippen LogP contribution < -0.4 is 14.4 Å². The molecule has 0 aromatic heterocycles. The van der Waals surface area contributed by atoms with E-state index >= 15 is 4.39 Å². The number of rotatable bonds is 8. The van der Waals surface area contributed by atoms with Crippen LogP contribution in [0.5, 0.6) is 11.5 Å². The van der Waals surface area contributed by atoms with Crippen LogP contribution in [0.4, 0.5) is 14.9 Å². The average Bonchev–Trinajstić information content (AvgIpc) is 2.92. The van der Waals surface area contributed by atoms with Gasteiger partial charge in [-0.15, -0.1) is 0 Å². The summed E-state index contributed by atoms with van der Waals surface area (Å²) in [4.78, 5) is 27.5. The number of ether oxygens (including phenoxy) is 2. The maximum absolute atomic E-state index is 15.2. The van der Waals surface area contributed by atoms with Gasteiger partial charge in [-0.25, -0.2) is 9.18 Å². The SMILES string of the molecule is COc1ccc(CN2C(=O)CCc3c(OCC4(O)CCN(C(=O)O)CC4O[Si](C)(C)C(C)(C)C)cc(F)c(Cl)c32)cc1. The fraction of sp³-hybridized carbons (Fsp3) is 0.533. The molecule has 230 valence electrons. The summed E-state index contributed by atoms with van der Waals surface area (Å²) in [6.07, 6.45) is -1.38. The Morgan fingerprint density at radius 3 is 2.48 bits per heavy atom. The van der Waals surface area contributed by atoms with Gasteiger partial charge < -0.3 is 33.9 Å². The zero-order chi connectivity index (χ0) is 31.0. The number of halogens is 2. The lowest BCUT2D eigenvalue weighted by Gasteiger charge is -2.48. The molecule has 2 amide bonds. The molecule has 1 fully saturated rings. The number of hydrogen-bond acceptors (Lipinski definition) is 6. The summed E-state index contributed by atoms with van der Waals surface area (Å²) in [5, 5.41) is 21.1. The molecular weight excluding hydrogens is 583 g/mol. The highest BCUT2D eigenvalue weighted by molar-refractivity contribution is 6.74. The quantitative estimate of drug-likeness (QED) is 0.356. The number of anilines is 1. The summed E-state index contributed by atoms with van der Waals surface area (Å²) in [5.41, 5.74) is 0.103. The molecule has 0 aliphatic carbocycles. The fourth-order valence-electron chi connectivity index (χ4n) is 5.02. The standard InChI is InChI=1S/C30H40ClFN2O7Si/c1-29(2,3)42(5,6)41-24-17-33(28(36)37)14-13-30(24,38)18-40-23-15-22(32)26(31)27-21(23)11-12-25(35)34(27)16-19-7-9-20(39-4)10-8-19/h7-10,15,24,38H,11-14,16-18H2,1-6H3,(H,36,37). The number of methoxy groups -OCH3 is 1. The van der Waals surface area contributed by atoms with E-state index in [4.69, 9.17) is 25.5 Å². The summed E-state index contributed by atoms with van der Waals surface area (Å²) >= 11 is 6.45. The molecule has 2 N–H and O–H groups in total. The smallest absolute Gasteiger partial charge is 0.407 e. The van der Waals surface area contributed by atoms with Crippen molar-refractivity contribution in [3.8, 4) is 11.5 Å². The molecule has 2 aromatic rings. The Morgan fingerprint density at radius 2 is 1.88 bits per heavy atom. The zero-order valence-electron chi connectivity index (χ0n) is 25.0. The molecule has 42 heavy (non-hydrogen) atoms. The van der Waals surface area contributed by atoms with Crippen LogP contribution in [0.15, 0.2) is 30.3 Å². The molecule has 9 nitrogen and oxygen atoms in total. The molecule has 2 atom stereocenters. The highest BCUT2D eigenvalue weighted by Crippen LogP contribution is 2.44. The second-order valence-electron chi connectivity index (χ2n) is 12.6. The Balaban J connectivity index is 1.63. The van der Waals surface area contributed by atoms with E-state index in [1.54, 1.807) is 19.2 Å². The first-order valence-corrected chi connectivity index (χ1v) is 17.3. The lowest BCUT2D eigenvalue weighted by molar-refractivity contribution is -0.126. The highest BCUT2D eigenvalue weighted by atomic mass is 35.5. The van der Waals surface area contributed by atoms with Gasteiger partial charge in [0.15, 0.2) is 8.32 Å². The van der Waals surface area contributed by atoms with Gasteiger partial charge in [-0.2, -0.15) is 0 Å². The summed E-state index contributed by atoms with van der Waals surface area (Å²) in [7, 11) is -0.852. The van der Waals surface area contributed by atoms with Crippen LogP contribution in [0.25, 0.3) is 0 Å². The Hall–Kier alpha value is -2.86. The minimum atomic E-state index is -2.42. The molecule has 2 heterocycles. The third kappa shape index (κ3) is 6.54. The van der Waals surface area contributed by atoms with Crippen LogP contribution in [-0.2, 0) is 22.2 Å². The average molecular weight is 623 g/mol. The van der Waals surface area contributed by atoms with Crippen molar-refractivity contribution in [2.24, 2.45) is 0 Å². The van der Waals surface area contributed by atoms with Gasteiger partial charge in [0.05, 0.1) is 32.0 Å². The molecule has 0 saturated carbocycles. The van der Waals surface area contributed by atoms with Crippen molar-refractivity contribution in [3.63, 3.8) is 0 Å². The Morgan fingerprint density at radius 1 is 1.21 bits per heavy atom. The minimum Gasteiger partial charge on any atom is -0.497 e. The number of carbonyl (C=O) groups excluding carboxylic acids is 1. The van der Waals surface area contributed by atoms with Crippen molar-refractivity contribution in [2.45, 2.75) is 76.4 Å². The van der Waals surface area contributed by atoms with Crippen molar-refractivity contribution in [1.29, 1.82) is 0 Å². The topological polar surface area (TPSA) is 109 Å². The van der Waals surface area contributed by atoms with Gasteiger partial charge in [0, 0.05) is 24.6 Å². The van der Waals surface area contributed by atoms with E-state index in [2.05, 4.69) is 20.8 Å². The molecule has 12 heteroatoms. The number of piperidine rings is 1. The van der Waals surface area contributed by atoms with Crippen LogP contribution in [-0.4, -0.2) is 73.9 Å². The van der Waals surface area contributed by atoms with Gasteiger partial charge in [-0.1, -0.05) is 44.5 Å². The number of aliphatic hydroxyl groups is 1. The first kappa shape index (κ1) is 32.1. The van der Waals surface area contributed by atoms with Crippen LogP contribution in [0, 0.1) is 5.82 Å². The summed E-state index contributed by atoms with van der Waals surface area (Å²) in [5.74, 6) is -0.0907. The van der Waals surface area contributed by atoms with Crippen molar-refractivity contribution in [3.05, 3.63) is 52.3 Å². The number of fused-ring (bicyclic) bond motifs is 1. The van der Waals surface area contributed by atoms with Gasteiger partial charge in [0.25, 0.3) is 0 Å². The van der Waals surface area contributed by atoms with Crippen molar-refractivity contribution in [2.75, 3.05) is 31.7 Å². The monoisotopic (exact) mass is 622 g/mol. The first-order valence-electron chi connectivity index (χ1n) is 14.0. The Bertz CT molecular complexity index is 1330. The van der Waals surface area contributed by atoms with Gasteiger partial charge in [0.1, 0.15) is 34.5 Å². The van der Waals surface area contributed by atoms with Crippen LogP contribution in [0.2, 0.25) is 23.2 Å². The maximum Gasteiger partial charge on any atom is 0.407 e. The van der Waals surface area contributed by atoms with E-state index in [1.807, 2.05) is 25.2 Å². The summed E-state index contributed by atoms with van der Waals surface area (Å²) < 4.78 is 33.1. The van der Waals surface area contributed by atoms with Crippen molar-refractivity contribution < 1.29 is 38.1 Å². The normalized spacial score (nSPS) is 21.3. The predicted octanol–water partition coefficient (Wildman–Crippen LogP) is 5.85. The second kappa shape index (κ2) is 12.0. The molecular formula is C30H40ClFN2O7Si. The molecule has 0 bridgehead atoms. The van der Waals surface area contributed by atoms with Crippen LogP contribution >= 0.6 is 11.6 Å². The third-order valence-corrected chi connectivity index (χ3v) is 13.6. The van der Waals surface area contributed by atoms with E-state index in [0.29, 0.717) is 11.3 Å². The lowest BCUT2D eigenvalue weighted by Crippen LogP contribution is -2.63. The van der Waals surface area contributed by atoms with Crippen LogP contribution in [0.1, 0.15) is 44.7 Å². The molecule has 4 rings (SSSR count).